The van der Waals surface area contributed by atoms with Gasteiger partial charge in [0, 0.05) is 11.3 Å². The van der Waals surface area contributed by atoms with Crippen LogP contribution >= 0.6 is 0 Å². The van der Waals surface area contributed by atoms with Gasteiger partial charge in [0.2, 0.25) is 0 Å². The largest absolute Gasteiger partial charge is 0.0993 e. The fraction of sp³-hybridized carbons (Fsp3) is 0.846. The van der Waals surface area contributed by atoms with Gasteiger partial charge in [-0.1, -0.05) is 32.6 Å². The molecule has 0 radical (unpaired) electrons. The molecule has 1 aliphatic carbocycles. The summed E-state index contributed by atoms with van der Waals surface area (Å²) >= 11 is 0. The molecule has 0 nitrogen and oxygen atoms in total. The van der Waals surface area contributed by atoms with Crippen LogP contribution < -0.4 is 0 Å². The molecule has 0 amide bonds. The van der Waals surface area contributed by atoms with E-state index in [1.165, 1.54) is 12.8 Å². The van der Waals surface area contributed by atoms with E-state index in [4.69, 9.17) is 0 Å². The van der Waals surface area contributed by atoms with Crippen molar-refractivity contribution >= 4 is 0 Å². The minimum Gasteiger partial charge on any atom is -0.0993 e. The Hall–Kier alpha value is -0.440. The van der Waals surface area contributed by atoms with Crippen LogP contribution in [-0.4, -0.2) is 0 Å². The minimum atomic E-state index is 0.212. The van der Waals surface area contributed by atoms with Crippen molar-refractivity contribution in [2.45, 2.75) is 47.5 Å². The summed E-state index contributed by atoms with van der Waals surface area (Å²) in [5.41, 5.74) is 0.212. The van der Waals surface area contributed by atoms with Gasteiger partial charge in [-0.05, 0) is 38.5 Å². The standard InChI is InChI=1S/C13H22/c1-6-12-7-8-13(4,5)11(3)10(2)9-12/h10-12H,6,9H2,1-5H3. The maximum absolute atomic E-state index is 3.45. The molecule has 74 valence electrons. The van der Waals surface area contributed by atoms with E-state index in [-0.39, 0.29) is 5.41 Å². The molecule has 0 saturated heterocycles. The van der Waals surface area contributed by atoms with E-state index >= 15 is 0 Å². The third-order valence-electron chi connectivity index (χ3n) is 3.74. The van der Waals surface area contributed by atoms with E-state index < -0.39 is 0 Å². The molecule has 3 atom stereocenters. The Morgan fingerprint density at radius 3 is 2.46 bits per heavy atom. The molecule has 0 bridgehead atoms. The summed E-state index contributed by atoms with van der Waals surface area (Å²) in [6.45, 7) is 11.5. The molecule has 0 fully saturated rings. The lowest BCUT2D eigenvalue weighted by Crippen LogP contribution is -2.24. The molecule has 0 aromatic heterocycles. The average molecular weight is 178 g/mol. The number of hydrogen-bond donors (Lipinski definition) is 0. The van der Waals surface area contributed by atoms with Crippen LogP contribution in [0.4, 0.5) is 0 Å². The highest BCUT2D eigenvalue weighted by molar-refractivity contribution is 5.15. The maximum atomic E-state index is 3.45. The van der Waals surface area contributed by atoms with Gasteiger partial charge in [0.15, 0.2) is 0 Å². The zero-order valence-corrected chi connectivity index (χ0v) is 9.65. The summed E-state index contributed by atoms with van der Waals surface area (Å²) in [4.78, 5) is 0. The molecule has 0 heterocycles. The Balaban J connectivity index is 2.86. The van der Waals surface area contributed by atoms with Crippen LogP contribution in [-0.2, 0) is 0 Å². The van der Waals surface area contributed by atoms with Crippen molar-refractivity contribution in [2.75, 3.05) is 0 Å². The van der Waals surface area contributed by atoms with Crippen LogP contribution in [0.3, 0.4) is 0 Å². The molecule has 0 heteroatoms. The first-order chi connectivity index (χ1) is 5.97. The lowest BCUT2D eigenvalue weighted by Gasteiger charge is -2.30. The Morgan fingerprint density at radius 1 is 1.31 bits per heavy atom. The van der Waals surface area contributed by atoms with E-state index in [0.717, 1.165) is 11.8 Å². The second kappa shape index (κ2) is 3.74. The Bertz CT molecular complexity index is 226. The Morgan fingerprint density at radius 2 is 1.92 bits per heavy atom. The van der Waals surface area contributed by atoms with E-state index in [2.05, 4.69) is 46.5 Å². The monoisotopic (exact) mass is 178 g/mol. The van der Waals surface area contributed by atoms with Crippen molar-refractivity contribution in [3.05, 3.63) is 0 Å². The van der Waals surface area contributed by atoms with Gasteiger partial charge in [0.05, 0.1) is 0 Å². The van der Waals surface area contributed by atoms with E-state index in [0.29, 0.717) is 5.92 Å². The van der Waals surface area contributed by atoms with Gasteiger partial charge in [0.25, 0.3) is 0 Å². The Kier molecular flexibility index (Phi) is 3.06. The van der Waals surface area contributed by atoms with E-state index in [9.17, 15) is 0 Å². The van der Waals surface area contributed by atoms with Crippen LogP contribution in [0.15, 0.2) is 0 Å². The molecule has 0 aromatic rings. The first-order valence-electron chi connectivity index (χ1n) is 5.50. The van der Waals surface area contributed by atoms with Crippen LogP contribution in [0.5, 0.6) is 0 Å². The first-order valence-corrected chi connectivity index (χ1v) is 5.50. The second-order valence-corrected chi connectivity index (χ2v) is 5.10. The minimum absolute atomic E-state index is 0.212. The zero-order valence-electron chi connectivity index (χ0n) is 9.65. The van der Waals surface area contributed by atoms with Crippen LogP contribution in [0.2, 0.25) is 0 Å². The third-order valence-corrected chi connectivity index (χ3v) is 3.74. The van der Waals surface area contributed by atoms with E-state index in [1.807, 2.05) is 0 Å². The van der Waals surface area contributed by atoms with E-state index in [1.54, 1.807) is 0 Å². The van der Waals surface area contributed by atoms with Gasteiger partial charge >= 0.3 is 0 Å². The van der Waals surface area contributed by atoms with Crippen molar-refractivity contribution in [1.29, 1.82) is 0 Å². The summed E-state index contributed by atoms with van der Waals surface area (Å²) in [7, 11) is 0. The molecule has 13 heavy (non-hydrogen) atoms. The summed E-state index contributed by atoms with van der Waals surface area (Å²) in [5.74, 6) is 9.04. The lowest BCUT2D eigenvalue weighted by molar-refractivity contribution is 0.216. The van der Waals surface area contributed by atoms with Gasteiger partial charge in [-0.3, -0.25) is 0 Å². The molecule has 0 aromatic carbocycles. The predicted octanol–water partition coefficient (Wildman–Crippen LogP) is 3.72. The predicted molar refractivity (Wildman–Crippen MR) is 58.3 cm³/mol. The van der Waals surface area contributed by atoms with Crippen LogP contribution in [0, 0.1) is 35.0 Å². The zero-order chi connectivity index (χ0) is 10.1. The quantitative estimate of drug-likeness (QED) is 0.537. The maximum Gasteiger partial charge on any atom is 0.0286 e. The molecule has 0 spiro atoms. The topological polar surface area (TPSA) is 0 Å². The van der Waals surface area contributed by atoms with Gasteiger partial charge in [-0.25, -0.2) is 0 Å². The number of hydrogen-bond acceptors (Lipinski definition) is 0. The molecule has 0 N–H and O–H groups in total. The first kappa shape index (κ1) is 10.6. The van der Waals surface area contributed by atoms with Crippen molar-refractivity contribution in [2.24, 2.45) is 23.2 Å². The molecular weight excluding hydrogens is 156 g/mol. The van der Waals surface area contributed by atoms with Crippen molar-refractivity contribution in [3.63, 3.8) is 0 Å². The highest BCUT2D eigenvalue weighted by Gasteiger charge is 2.31. The van der Waals surface area contributed by atoms with Crippen molar-refractivity contribution in [1.82, 2.24) is 0 Å². The van der Waals surface area contributed by atoms with Gasteiger partial charge < -0.3 is 0 Å². The summed E-state index contributed by atoms with van der Waals surface area (Å²) in [5, 5.41) is 0. The SMILES string of the molecule is CCC1C#CC(C)(C)C(C)C(C)C1. The number of rotatable bonds is 1. The summed E-state index contributed by atoms with van der Waals surface area (Å²) in [6.07, 6.45) is 2.49. The van der Waals surface area contributed by atoms with Crippen LogP contribution in [0.25, 0.3) is 0 Å². The van der Waals surface area contributed by atoms with Gasteiger partial charge in [-0.15, -0.1) is 0 Å². The molecule has 0 saturated carbocycles. The summed E-state index contributed by atoms with van der Waals surface area (Å²) in [6, 6.07) is 0. The highest BCUT2D eigenvalue weighted by atomic mass is 14.3. The second-order valence-electron chi connectivity index (χ2n) is 5.10. The normalized spacial score (nSPS) is 37.5. The fourth-order valence-corrected chi connectivity index (χ4v) is 2.09. The van der Waals surface area contributed by atoms with Crippen molar-refractivity contribution in [3.8, 4) is 11.8 Å². The molecule has 1 aliphatic rings. The van der Waals surface area contributed by atoms with Crippen LogP contribution in [0.1, 0.15) is 47.5 Å². The molecule has 1 rings (SSSR count). The van der Waals surface area contributed by atoms with Crippen molar-refractivity contribution < 1.29 is 0 Å². The summed E-state index contributed by atoms with van der Waals surface area (Å²) < 4.78 is 0. The highest BCUT2D eigenvalue weighted by Crippen LogP contribution is 2.37. The molecule has 3 unspecified atom stereocenters. The smallest absolute Gasteiger partial charge is 0.0286 e. The Labute approximate surface area is 83.1 Å². The third kappa shape index (κ3) is 2.27. The molecule has 0 aliphatic heterocycles. The van der Waals surface area contributed by atoms with Gasteiger partial charge in [-0.2, -0.15) is 0 Å². The average Bonchev–Trinajstić information content (AvgIpc) is 2.17. The van der Waals surface area contributed by atoms with Gasteiger partial charge in [0.1, 0.15) is 0 Å². The molecular formula is C13H22. The lowest BCUT2D eigenvalue weighted by atomic mass is 9.73. The fourth-order valence-electron chi connectivity index (χ4n) is 2.09.